The molecule has 3 aromatic rings. The van der Waals surface area contributed by atoms with E-state index in [1.54, 1.807) is 17.4 Å². The van der Waals surface area contributed by atoms with E-state index in [4.69, 9.17) is 10.5 Å². The van der Waals surface area contributed by atoms with Crippen LogP contribution in [0.25, 0.3) is 16.5 Å². The van der Waals surface area contributed by atoms with Crippen LogP contribution >= 0.6 is 23.1 Å². The van der Waals surface area contributed by atoms with Crippen molar-refractivity contribution in [2.45, 2.75) is 29.6 Å². The van der Waals surface area contributed by atoms with Gasteiger partial charge in [0, 0.05) is 26.1 Å². The Morgan fingerprint density at radius 2 is 1.79 bits per heavy atom. The Hall–Kier alpha value is -2.99. The van der Waals surface area contributed by atoms with Gasteiger partial charge < -0.3 is 4.90 Å². The zero-order chi connectivity index (χ0) is 20.2. The molecule has 2 aromatic carbocycles. The molecule has 0 fully saturated rings. The first-order valence-electron chi connectivity index (χ1n) is 9.54. The minimum absolute atomic E-state index is 0.127. The monoisotopic (exact) mass is 413 g/mol. The van der Waals surface area contributed by atoms with Crippen LogP contribution in [0.3, 0.4) is 0 Å². The standard InChI is InChI=1S/C24H19N3S2/c1-2-3-12-27-20-6-4-5-7-23(20)29-24-14-18(8-10-21(24)27)22-11-9-19(28-22)13-17(15-25)16-26/h4-11,13-14H,2-3,12H2,1H3. The highest BCUT2D eigenvalue weighted by Crippen LogP contribution is 2.49. The molecular formula is C24H19N3S2. The van der Waals surface area contributed by atoms with Crippen LogP contribution < -0.4 is 4.90 Å². The van der Waals surface area contributed by atoms with E-state index in [-0.39, 0.29) is 5.57 Å². The second-order valence-electron chi connectivity index (χ2n) is 6.74. The number of nitriles is 2. The summed E-state index contributed by atoms with van der Waals surface area (Å²) in [7, 11) is 0. The van der Waals surface area contributed by atoms with Crippen LogP contribution in [-0.2, 0) is 0 Å². The number of para-hydroxylation sites is 1. The number of fused-ring (bicyclic) bond motifs is 2. The Balaban J connectivity index is 1.70. The highest BCUT2D eigenvalue weighted by molar-refractivity contribution is 7.99. The van der Waals surface area contributed by atoms with Gasteiger partial charge >= 0.3 is 0 Å². The fraction of sp³-hybridized carbons (Fsp3) is 0.167. The summed E-state index contributed by atoms with van der Waals surface area (Å²) >= 11 is 3.41. The molecule has 0 N–H and O–H groups in total. The third kappa shape index (κ3) is 3.93. The van der Waals surface area contributed by atoms with Gasteiger partial charge in [0.1, 0.15) is 17.7 Å². The molecule has 0 unspecified atom stereocenters. The summed E-state index contributed by atoms with van der Waals surface area (Å²) < 4.78 is 0. The van der Waals surface area contributed by atoms with Crippen molar-refractivity contribution < 1.29 is 0 Å². The summed E-state index contributed by atoms with van der Waals surface area (Å²) in [6.45, 7) is 3.24. The second kappa shape index (κ2) is 8.57. The molecule has 0 amide bonds. The number of nitrogens with zero attached hydrogens (tertiary/aromatic N) is 3. The fourth-order valence-electron chi connectivity index (χ4n) is 3.36. The molecule has 1 aliphatic heterocycles. The van der Waals surface area contributed by atoms with E-state index >= 15 is 0 Å². The van der Waals surface area contributed by atoms with Gasteiger partial charge in [0.05, 0.1) is 11.4 Å². The first-order valence-corrected chi connectivity index (χ1v) is 11.2. The predicted molar refractivity (Wildman–Crippen MR) is 121 cm³/mol. The van der Waals surface area contributed by atoms with Crippen molar-refractivity contribution in [1.29, 1.82) is 10.5 Å². The van der Waals surface area contributed by atoms with Gasteiger partial charge in [-0.3, -0.25) is 0 Å². The van der Waals surface area contributed by atoms with Gasteiger partial charge in [0.2, 0.25) is 0 Å². The maximum Gasteiger partial charge on any atom is 0.131 e. The summed E-state index contributed by atoms with van der Waals surface area (Å²) in [5.41, 5.74) is 3.84. The minimum Gasteiger partial charge on any atom is -0.340 e. The summed E-state index contributed by atoms with van der Waals surface area (Å²) in [5.74, 6) is 0. The van der Waals surface area contributed by atoms with Crippen molar-refractivity contribution in [1.82, 2.24) is 0 Å². The number of rotatable bonds is 5. The second-order valence-corrected chi connectivity index (χ2v) is 8.94. The lowest BCUT2D eigenvalue weighted by Gasteiger charge is -2.33. The molecule has 0 atom stereocenters. The number of allylic oxidation sites excluding steroid dienone is 1. The van der Waals surface area contributed by atoms with Crippen molar-refractivity contribution in [3.05, 3.63) is 65.0 Å². The largest absolute Gasteiger partial charge is 0.340 e. The van der Waals surface area contributed by atoms with Gasteiger partial charge in [-0.15, -0.1) is 11.3 Å². The number of hydrogen-bond acceptors (Lipinski definition) is 5. The number of anilines is 2. The average molecular weight is 414 g/mol. The Kier molecular flexibility index (Phi) is 5.71. The highest BCUT2D eigenvalue weighted by atomic mass is 32.2. The minimum atomic E-state index is 0.127. The average Bonchev–Trinajstić information content (AvgIpc) is 3.23. The van der Waals surface area contributed by atoms with E-state index in [0.29, 0.717) is 0 Å². The quantitative estimate of drug-likeness (QED) is 0.413. The maximum absolute atomic E-state index is 8.97. The van der Waals surface area contributed by atoms with E-state index in [1.165, 1.54) is 21.2 Å². The van der Waals surface area contributed by atoms with E-state index in [0.717, 1.165) is 34.7 Å². The molecule has 0 spiro atoms. The Morgan fingerprint density at radius 1 is 1.00 bits per heavy atom. The summed E-state index contributed by atoms with van der Waals surface area (Å²) in [5, 5.41) is 17.9. The molecule has 2 heterocycles. The van der Waals surface area contributed by atoms with Crippen molar-refractivity contribution in [2.75, 3.05) is 11.4 Å². The Bertz CT molecular complexity index is 1150. The topological polar surface area (TPSA) is 50.8 Å². The maximum atomic E-state index is 8.97. The molecule has 1 aliphatic rings. The van der Waals surface area contributed by atoms with Crippen LogP contribution in [0, 0.1) is 22.7 Å². The lowest BCUT2D eigenvalue weighted by atomic mass is 10.1. The normalized spacial score (nSPS) is 11.8. The molecule has 142 valence electrons. The van der Waals surface area contributed by atoms with Gasteiger partial charge in [-0.05, 0) is 54.5 Å². The van der Waals surface area contributed by atoms with Gasteiger partial charge in [0.25, 0.3) is 0 Å². The van der Waals surface area contributed by atoms with E-state index in [1.807, 2.05) is 30.0 Å². The van der Waals surface area contributed by atoms with Gasteiger partial charge in [-0.1, -0.05) is 43.3 Å². The molecule has 0 aliphatic carbocycles. The van der Waals surface area contributed by atoms with Crippen LogP contribution in [-0.4, -0.2) is 6.54 Å². The van der Waals surface area contributed by atoms with Gasteiger partial charge in [-0.25, -0.2) is 0 Å². The number of unbranched alkanes of at least 4 members (excludes halogenated alkanes) is 1. The van der Waals surface area contributed by atoms with Crippen molar-refractivity contribution in [2.24, 2.45) is 0 Å². The van der Waals surface area contributed by atoms with Gasteiger partial charge in [-0.2, -0.15) is 10.5 Å². The van der Waals surface area contributed by atoms with Crippen LogP contribution in [0.5, 0.6) is 0 Å². The number of hydrogen-bond donors (Lipinski definition) is 0. The zero-order valence-corrected chi connectivity index (χ0v) is 17.7. The fourth-order valence-corrected chi connectivity index (χ4v) is 5.44. The third-order valence-electron chi connectivity index (χ3n) is 4.80. The molecule has 0 saturated heterocycles. The molecule has 0 saturated carbocycles. The molecule has 0 bridgehead atoms. The first kappa shape index (κ1) is 19.3. The van der Waals surface area contributed by atoms with Crippen LogP contribution in [0.1, 0.15) is 24.6 Å². The lowest BCUT2D eigenvalue weighted by Crippen LogP contribution is -2.21. The van der Waals surface area contributed by atoms with E-state index in [9.17, 15) is 0 Å². The molecule has 5 heteroatoms. The molecule has 4 rings (SSSR count). The molecule has 29 heavy (non-hydrogen) atoms. The van der Waals surface area contributed by atoms with Crippen LogP contribution in [0.2, 0.25) is 0 Å². The van der Waals surface area contributed by atoms with Gasteiger partial charge in [0.15, 0.2) is 0 Å². The molecule has 0 radical (unpaired) electrons. The Morgan fingerprint density at radius 3 is 2.59 bits per heavy atom. The first-order chi connectivity index (χ1) is 14.2. The molecule has 3 nitrogen and oxygen atoms in total. The van der Waals surface area contributed by atoms with Crippen molar-refractivity contribution >= 4 is 40.5 Å². The SMILES string of the molecule is CCCCN1c2ccccc2Sc2cc(-c3ccc(C=C(C#N)C#N)s3)ccc21. The molecular weight excluding hydrogens is 394 g/mol. The van der Waals surface area contributed by atoms with Crippen LogP contribution in [0.4, 0.5) is 11.4 Å². The summed E-state index contributed by atoms with van der Waals surface area (Å²) in [4.78, 5) is 7.03. The summed E-state index contributed by atoms with van der Waals surface area (Å²) in [6.07, 6.45) is 3.96. The van der Waals surface area contributed by atoms with E-state index in [2.05, 4.69) is 60.4 Å². The Labute approximate surface area is 179 Å². The number of thiophene rings is 1. The van der Waals surface area contributed by atoms with Crippen molar-refractivity contribution in [3.8, 4) is 22.6 Å². The summed E-state index contributed by atoms with van der Waals surface area (Å²) in [6, 6.07) is 23.1. The zero-order valence-electron chi connectivity index (χ0n) is 16.1. The smallest absolute Gasteiger partial charge is 0.131 e. The van der Waals surface area contributed by atoms with Crippen molar-refractivity contribution in [3.63, 3.8) is 0 Å². The predicted octanol–water partition coefficient (Wildman–Crippen LogP) is 7.25. The van der Waals surface area contributed by atoms with Crippen LogP contribution in [0.15, 0.2) is 70.0 Å². The number of benzene rings is 2. The lowest BCUT2D eigenvalue weighted by molar-refractivity contribution is 0.777. The molecule has 1 aromatic heterocycles. The highest BCUT2D eigenvalue weighted by Gasteiger charge is 2.23. The van der Waals surface area contributed by atoms with E-state index < -0.39 is 0 Å². The third-order valence-corrected chi connectivity index (χ3v) is 6.99.